The SMILES string of the molecule is OCC1(c2ccc(F)cc2)CNCC1c1ccc(C(O)(C(F)(F)F)C(F)(F)F)cc1. The van der Waals surface area contributed by atoms with Gasteiger partial charge in [0, 0.05) is 30.0 Å². The highest BCUT2D eigenvalue weighted by molar-refractivity contribution is 5.39. The summed E-state index contributed by atoms with van der Waals surface area (Å²) in [5, 5.41) is 22.7. The molecule has 30 heavy (non-hydrogen) atoms. The number of hydrogen-bond acceptors (Lipinski definition) is 3. The molecule has 1 aliphatic rings. The van der Waals surface area contributed by atoms with Crippen molar-refractivity contribution in [3.05, 3.63) is 71.0 Å². The summed E-state index contributed by atoms with van der Waals surface area (Å²) < 4.78 is 91.7. The van der Waals surface area contributed by atoms with Crippen molar-refractivity contribution < 1.29 is 40.9 Å². The van der Waals surface area contributed by atoms with E-state index < -0.39 is 40.7 Å². The van der Waals surface area contributed by atoms with Crippen LogP contribution in [0.15, 0.2) is 48.5 Å². The fourth-order valence-corrected chi connectivity index (χ4v) is 3.98. The number of hydrogen-bond donors (Lipinski definition) is 3. The van der Waals surface area contributed by atoms with Gasteiger partial charge in [0.25, 0.3) is 5.60 Å². The predicted octanol–water partition coefficient (Wildman–Crippen LogP) is 3.76. The van der Waals surface area contributed by atoms with Crippen LogP contribution in [0.4, 0.5) is 30.7 Å². The lowest BCUT2D eigenvalue weighted by Gasteiger charge is -2.35. The molecular weight excluding hydrogens is 419 g/mol. The first-order valence-electron chi connectivity index (χ1n) is 8.91. The first kappa shape index (κ1) is 22.5. The third kappa shape index (κ3) is 3.46. The summed E-state index contributed by atoms with van der Waals surface area (Å²) in [5.74, 6) is -0.996. The predicted molar refractivity (Wildman–Crippen MR) is 93.2 cm³/mol. The van der Waals surface area contributed by atoms with Crippen LogP contribution in [0.2, 0.25) is 0 Å². The number of aliphatic hydroxyl groups is 2. The van der Waals surface area contributed by atoms with Gasteiger partial charge >= 0.3 is 12.4 Å². The van der Waals surface area contributed by atoms with Crippen molar-refractivity contribution in [3.8, 4) is 0 Å². The Balaban J connectivity index is 2.02. The summed E-state index contributed by atoms with van der Waals surface area (Å²) in [6.45, 7) is 0.184. The average molecular weight is 437 g/mol. The first-order chi connectivity index (χ1) is 13.9. The molecule has 0 amide bonds. The highest BCUT2D eigenvalue weighted by Gasteiger charge is 2.71. The minimum Gasteiger partial charge on any atom is -0.395 e. The molecule has 2 atom stereocenters. The summed E-state index contributed by atoms with van der Waals surface area (Å²) in [6, 6.07) is 8.68. The Morgan fingerprint density at radius 2 is 1.43 bits per heavy atom. The molecule has 2 aromatic rings. The van der Waals surface area contributed by atoms with Gasteiger partial charge in [0.15, 0.2) is 0 Å². The quantitative estimate of drug-likeness (QED) is 0.639. The van der Waals surface area contributed by atoms with Gasteiger partial charge in [-0.2, -0.15) is 26.3 Å². The molecule has 10 heteroatoms. The van der Waals surface area contributed by atoms with E-state index >= 15 is 0 Å². The number of nitrogens with one attached hydrogen (secondary N) is 1. The Hall–Kier alpha value is -2.17. The van der Waals surface area contributed by atoms with Crippen molar-refractivity contribution >= 4 is 0 Å². The molecule has 2 unspecified atom stereocenters. The number of alkyl halides is 6. The van der Waals surface area contributed by atoms with E-state index in [0.29, 0.717) is 29.8 Å². The van der Waals surface area contributed by atoms with Gasteiger partial charge in [-0.05, 0) is 23.3 Å². The molecular formula is C20H18F7NO2. The van der Waals surface area contributed by atoms with Crippen LogP contribution in [0.5, 0.6) is 0 Å². The molecule has 2 aromatic carbocycles. The normalized spacial score (nSPS) is 23.0. The summed E-state index contributed by atoms with van der Waals surface area (Å²) >= 11 is 0. The summed E-state index contributed by atoms with van der Waals surface area (Å²) in [7, 11) is 0. The second-order valence-electron chi connectivity index (χ2n) is 7.33. The molecule has 1 fully saturated rings. The van der Waals surface area contributed by atoms with E-state index in [1.165, 1.54) is 24.3 Å². The number of halogens is 7. The molecule has 3 nitrogen and oxygen atoms in total. The van der Waals surface area contributed by atoms with Crippen LogP contribution >= 0.6 is 0 Å². The van der Waals surface area contributed by atoms with Crippen LogP contribution in [-0.2, 0) is 11.0 Å². The molecule has 0 aromatic heterocycles. The van der Waals surface area contributed by atoms with Gasteiger partial charge in [-0.25, -0.2) is 4.39 Å². The maximum absolute atomic E-state index is 13.3. The molecule has 1 aliphatic heterocycles. The Morgan fingerprint density at radius 1 is 0.900 bits per heavy atom. The Labute approximate surface area is 167 Å². The Morgan fingerprint density at radius 3 is 1.90 bits per heavy atom. The van der Waals surface area contributed by atoms with Crippen LogP contribution in [0.25, 0.3) is 0 Å². The van der Waals surface area contributed by atoms with E-state index in [4.69, 9.17) is 0 Å². The average Bonchev–Trinajstić information content (AvgIpc) is 3.11. The molecule has 0 spiro atoms. The fourth-order valence-electron chi connectivity index (χ4n) is 3.98. The number of benzene rings is 2. The molecule has 164 valence electrons. The minimum atomic E-state index is -5.97. The molecule has 0 saturated carbocycles. The minimum absolute atomic E-state index is 0.274. The summed E-state index contributed by atoms with van der Waals surface area (Å²) in [5.41, 5.74) is -6.35. The zero-order valence-corrected chi connectivity index (χ0v) is 15.4. The third-order valence-electron chi connectivity index (χ3n) is 5.71. The van der Waals surface area contributed by atoms with Crippen molar-refractivity contribution in [2.45, 2.75) is 29.3 Å². The Bertz CT molecular complexity index is 864. The zero-order valence-electron chi connectivity index (χ0n) is 15.4. The van der Waals surface area contributed by atoms with Gasteiger partial charge in [0.1, 0.15) is 5.82 Å². The van der Waals surface area contributed by atoms with Crippen LogP contribution in [0.1, 0.15) is 22.6 Å². The molecule has 3 rings (SSSR count). The van der Waals surface area contributed by atoms with Crippen molar-refractivity contribution in [1.29, 1.82) is 0 Å². The number of aliphatic hydroxyl groups excluding tert-OH is 1. The molecule has 1 heterocycles. The van der Waals surface area contributed by atoms with E-state index in [2.05, 4.69) is 5.32 Å². The Kier molecular flexibility index (Phi) is 5.63. The molecule has 0 aliphatic carbocycles. The molecule has 3 N–H and O–H groups in total. The lowest BCUT2D eigenvalue weighted by Crippen LogP contribution is -2.53. The largest absolute Gasteiger partial charge is 0.430 e. The number of rotatable bonds is 4. The monoisotopic (exact) mass is 437 g/mol. The van der Waals surface area contributed by atoms with Crippen molar-refractivity contribution in [2.24, 2.45) is 0 Å². The van der Waals surface area contributed by atoms with Crippen LogP contribution in [0, 0.1) is 5.82 Å². The molecule has 0 bridgehead atoms. The van der Waals surface area contributed by atoms with Crippen LogP contribution in [0.3, 0.4) is 0 Å². The third-order valence-corrected chi connectivity index (χ3v) is 5.71. The molecule has 0 radical (unpaired) electrons. The van der Waals surface area contributed by atoms with Crippen molar-refractivity contribution in [1.82, 2.24) is 5.32 Å². The standard InChI is InChI=1S/C20H18F7NO2/c21-15-7-5-13(6-8-15)17(11-29)10-28-9-16(17)12-1-3-14(4-2-12)18(30,19(22,23)24)20(25,26)27/h1-8,16,28-30H,9-11H2. The van der Waals surface area contributed by atoms with Gasteiger partial charge in [-0.1, -0.05) is 36.4 Å². The summed E-state index contributed by atoms with van der Waals surface area (Å²) in [6.07, 6.45) is -11.9. The van der Waals surface area contributed by atoms with E-state index in [1.54, 1.807) is 0 Å². The van der Waals surface area contributed by atoms with Gasteiger partial charge in [-0.3, -0.25) is 0 Å². The lowest BCUT2D eigenvalue weighted by molar-refractivity contribution is -0.376. The van der Waals surface area contributed by atoms with Gasteiger partial charge in [-0.15, -0.1) is 0 Å². The van der Waals surface area contributed by atoms with E-state index in [0.717, 1.165) is 12.1 Å². The van der Waals surface area contributed by atoms with E-state index in [-0.39, 0.29) is 13.2 Å². The van der Waals surface area contributed by atoms with Crippen molar-refractivity contribution in [3.63, 3.8) is 0 Å². The van der Waals surface area contributed by atoms with Crippen molar-refractivity contribution in [2.75, 3.05) is 19.7 Å². The van der Waals surface area contributed by atoms with Crippen LogP contribution in [-0.4, -0.2) is 42.3 Å². The van der Waals surface area contributed by atoms with Gasteiger partial charge in [0.05, 0.1) is 6.61 Å². The second-order valence-corrected chi connectivity index (χ2v) is 7.33. The first-order valence-corrected chi connectivity index (χ1v) is 8.91. The van der Waals surface area contributed by atoms with Gasteiger partial charge in [0.2, 0.25) is 0 Å². The van der Waals surface area contributed by atoms with Crippen LogP contribution < -0.4 is 5.32 Å². The maximum atomic E-state index is 13.3. The van der Waals surface area contributed by atoms with E-state index in [9.17, 15) is 40.9 Å². The van der Waals surface area contributed by atoms with E-state index in [1.807, 2.05) is 0 Å². The smallest absolute Gasteiger partial charge is 0.395 e. The summed E-state index contributed by atoms with van der Waals surface area (Å²) in [4.78, 5) is 0. The topological polar surface area (TPSA) is 52.5 Å². The zero-order chi connectivity index (χ0) is 22.4. The second kappa shape index (κ2) is 7.51. The maximum Gasteiger partial charge on any atom is 0.430 e. The fraction of sp³-hybridized carbons (Fsp3) is 0.400. The highest BCUT2D eigenvalue weighted by Crippen LogP contribution is 2.50. The highest BCUT2D eigenvalue weighted by atomic mass is 19.4. The lowest BCUT2D eigenvalue weighted by atomic mass is 9.70. The molecule has 1 saturated heterocycles. The van der Waals surface area contributed by atoms with Gasteiger partial charge < -0.3 is 15.5 Å².